The van der Waals surface area contributed by atoms with Crippen LogP contribution in [0.25, 0.3) is 5.65 Å². The Morgan fingerprint density at radius 2 is 2.17 bits per heavy atom. The highest BCUT2D eigenvalue weighted by Gasteiger charge is 2.34. The number of fused-ring (bicyclic) bond motifs is 1. The lowest BCUT2D eigenvalue weighted by Crippen LogP contribution is -2.51. The molecule has 1 N–H and O–H groups in total. The second-order valence-electron chi connectivity index (χ2n) is 7.20. The molecule has 0 aromatic carbocycles. The van der Waals surface area contributed by atoms with E-state index in [-0.39, 0.29) is 17.6 Å². The maximum Gasteiger partial charge on any atom is 0.318 e. The molecule has 1 atom stereocenters. The smallest absolute Gasteiger partial charge is 0.318 e. The third-order valence-electron chi connectivity index (χ3n) is 5.03. The molecule has 2 amide bonds. The Balaban J connectivity index is 1.75. The van der Waals surface area contributed by atoms with E-state index < -0.39 is 0 Å². The van der Waals surface area contributed by atoms with Crippen molar-refractivity contribution < 1.29 is 4.79 Å². The molecule has 0 radical (unpaired) electrons. The molecule has 130 valence electrons. The topological polar surface area (TPSA) is 65.8 Å². The van der Waals surface area contributed by atoms with Gasteiger partial charge in [-0.3, -0.25) is 4.40 Å². The van der Waals surface area contributed by atoms with Gasteiger partial charge < -0.3 is 15.1 Å². The van der Waals surface area contributed by atoms with Gasteiger partial charge in [-0.2, -0.15) is 0 Å². The van der Waals surface area contributed by atoms with E-state index in [9.17, 15) is 4.79 Å². The van der Waals surface area contributed by atoms with E-state index in [1.165, 1.54) is 0 Å². The van der Waals surface area contributed by atoms with E-state index in [0.29, 0.717) is 6.54 Å². The van der Waals surface area contributed by atoms with Gasteiger partial charge in [0.2, 0.25) is 0 Å². The highest BCUT2D eigenvalue weighted by atomic mass is 16.2. The Labute approximate surface area is 142 Å². The number of likely N-dealkylation sites (N-methyl/N-ethyl adjacent to an activating group) is 1. The Morgan fingerprint density at radius 1 is 1.38 bits per heavy atom. The lowest BCUT2D eigenvalue weighted by Gasteiger charge is -2.34. The first-order valence-electron chi connectivity index (χ1n) is 8.42. The fourth-order valence-electron chi connectivity index (χ4n) is 2.92. The first-order chi connectivity index (χ1) is 11.4. The van der Waals surface area contributed by atoms with Crippen molar-refractivity contribution in [2.75, 3.05) is 27.2 Å². The molecule has 7 nitrogen and oxygen atoms in total. The summed E-state index contributed by atoms with van der Waals surface area (Å²) in [4.78, 5) is 16.7. The van der Waals surface area contributed by atoms with Gasteiger partial charge in [0.1, 0.15) is 0 Å². The number of rotatable bonds is 4. The number of aromatic nitrogens is 3. The van der Waals surface area contributed by atoms with Crippen molar-refractivity contribution in [2.24, 2.45) is 0 Å². The Bertz CT molecular complexity index is 723. The molecule has 2 aromatic heterocycles. The number of pyridine rings is 1. The van der Waals surface area contributed by atoms with E-state index in [1.54, 1.807) is 0 Å². The molecule has 0 saturated carbocycles. The zero-order valence-corrected chi connectivity index (χ0v) is 14.9. The van der Waals surface area contributed by atoms with Crippen LogP contribution in [0.15, 0.2) is 24.4 Å². The average Bonchev–Trinajstić information content (AvgIpc) is 3.18. The van der Waals surface area contributed by atoms with Crippen LogP contribution in [0.5, 0.6) is 0 Å². The molecule has 1 fully saturated rings. The summed E-state index contributed by atoms with van der Waals surface area (Å²) < 4.78 is 1.97. The maximum atomic E-state index is 12.7. The third-order valence-corrected chi connectivity index (χ3v) is 5.03. The summed E-state index contributed by atoms with van der Waals surface area (Å²) in [7, 11) is 4.04. The van der Waals surface area contributed by atoms with Crippen LogP contribution in [-0.2, 0) is 0 Å². The van der Waals surface area contributed by atoms with Crippen LogP contribution in [-0.4, -0.2) is 63.2 Å². The summed E-state index contributed by atoms with van der Waals surface area (Å²) >= 11 is 0. The zero-order valence-electron chi connectivity index (χ0n) is 14.9. The molecule has 1 unspecified atom stereocenters. The van der Waals surface area contributed by atoms with E-state index in [0.717, 1.165) is 30.9 Å². The zero-order chi connectivity index (χ0) is 17.3. The van der Waals surface area contributed by atoms with E-state index in [1.807, 2.05) is 47.8 Å². The number of hydrogen-bond donors (Lipinski definition) is 1. The van der Waals surface area contributed by atoms with Gasteiger partial charge in [-0.15, -0.1) is 10.2 Å². The number of urea groups is 1. The molecule has 0 aliphatic carbocycles. The summed E-state index contributed by atoms with van der Waals surface area (Å²) in [6.07, 6.45) is 3.85. The summed E-state index contributed by atoms with van der Waals surface area (Å²) in [6.45, 7) is 5.57. The number of nitrogens with zero attached hydrogens (tertiary/aromatic N) is 5. The standard InChI is InChI=1S/C17H26N6O/c1-17(2,21(3)4)12-18-16(24)22-11-7-8-13(22)15-20-19-14-9-5-6-10-23(14)15/h5-6,9-10,13H,7-8,11-12H2,1-4H3,(H,18,24). The average molecular weight is 330 g/mol. The van der Waals surface area contributed by atoms with Gasteiger partial charge in [0.05, 0.1) is 6.04 Å². The summed E-state index contributed by atoms with van der Waals surface area (Å²) in [5.41, 5.74) is 0.723. The van der Waals surface area contributed by atoms with Crippen LogP contribution in [0, 0.1) is 0 Å². The van der Waals surface area contributed by atoms with Crippen LogP contribution in [0.1, 0.15) is 38.6 Å². The van der Waals surface area contributed by atoms with Crippen LogP contribution >= 0.6 is 0 Å². The molecule has 7 heteroatoms. The Hall–Kier alpha value is -2.15. The third kappa shape index (κ3) is 3.08. The lowest BCUT2D eigenvalue weighted by atomic mass is 10.0. The molecule has 1 aliphatic heterocycles. The van der Waals surface area contributed by atoms with Gasteiger partial charge in [-0.25, -0.2) is 4.79 Å². The fourth-order valence-corrected chi connectivity index (χ4v) is 2.92. The minimum absolute atomic E-state index is 0.0233. The normalized spacial score (nSPS) is 18.5. The van der Waals surface area contributed by atoms with Crippen molar-refractivity contribution in [3.8, 4) is 0 Å². The highest BCUT2D eigenvalue weighted by Crippen LogP contribution is 2.31. The van der Waals surface area contributed by atoms with Gasteiger partial charge in [0, 0.05) is 24.8 Å². The van der Waals surface area contributed by atoms with Gasteiger partial charge in [0.25, 0.3) is 0 Å². The molecular formula is C17H26N6O. The molecule has 3 heterocycles. The van der Waals surface area contributed by atoms with Crippen LogP contribution in [0.4, 0.5) is 4.79 Å². The first kappa shape index (κ1) is 16.7. The van der Waals surface area contributed by atoms with E-state index in [2.05, 4.69) is 34.3 Å². The molecule has 24 heavy (non-hydrogen) atoms. The molecule has 0 spiro atoms. The van der Waals surface area contributed by atoms with Crippen molar-refractivity contribution in [2.45, 2.75) is 38.3 Å². The van der Waals surface area contributed by atoms with Gasteiger partial charge in [-0.05, 0) is 52.9 Å². The number of likely N-dealkylation sites (tertiary alicyclic amines) is 1. The van der Waals surface area contributed by atoms with Crippen molar-refractivity contribution in [3.05, 3.63) is 30.2 Å². The fraction of sp³-hybridized carbons (Fsp3) is 0.588. The largest absolute Gasteiger partial charge is 0.336 e. The number of carbonyl (C=O) groups is 1. The highest BCUT2D eigenvalue weighted by molar-refractivity contribution is 5.75. The second-order valence-corrected chi connectivity index (χ2v) is 7.20. The van der Waals surface area contributed by atoms with Gasteiger partial charge in [-0.1, -0.05) is 6.07 Å². The molecule has 2 aromatic rings. The maximum absolute atomic E-state index is 12.7. The second kappa shape index (κ2) is 6.39. The first-order valence-corrected chi connectivity index (χ1v) is 8.42. The van der Waals surface area contributed by atoms with Crippen molar-refractivity contribution in [1.82, 2.24) is 29.7 Å². The van der Waals surface area contributed by atoms with Crippen LogP contribution in [0.3, 0.4) is 0 Å². The molecule has 0 bridgehead atoms. The summed E-state index contributed by atoms with van der Waals surface area (Å²) in [5.74, 6) is 0.838. The van der Waals surface area contributed by atoms with E-state index >= 15 is 0 Å². The van der Waals surface area contributed by atoms with Gasteiger partial charge >= 0.3 is 6.03 Å². The number of hydrogen-bond acceptors (Lipinski definition) is 4. The minimum Gasteiger partial charge on any atom is -0.336 e. The molecule has 1 aliphatic rings. The predicted molar refractivity (Wildman–Crippen MR) is 92.8 cm³/mol. The predicted octanol–water partition coefficient (Wildman–Crippen LogP) is 1.92. The summed E-state index contributed by atoms with van der Waals surface area (Å²) in [5, 5.41) is 11.6. The molecule has 3 rings (SSSR count). The number of carbonyl (C=O) groups excluding carboxylic acids is 1. The minimum atomic E-state index is -0.0908. The van der Waals surface area contributed by atoms with Crippen molar-refractivity contribution >= 4 is 11.7 Å². The molecule has 1 saturated heterocycles. The molecular weight excluding hydrogens is 304 g/mol. The number of amides is 2. The number of nitrogens with one attached hydrogen (secondary N) is 1. The van der Waals surface area contributed by atoms with Crippen LogP contribution < -0.4 is 5.32 Å². The van der Waals surface area contributed by atoms with E-state index in [4.69, 9.17) is 0 Å². The Morgan fingerprint density at radius 3 is 2.92 bits per heavy atom. The van der Waals surface area contributed by atoms with Crippen molar-refractivity contribution in [3.63, 3.8) is 0 Å². The lowest BCUT2D eigenvalue weighted by molar-refractivity contribution is 0.166. The monoisotopic (exact) mass is 330 g/mol. The van der Waals surface area contributed by atoms with Crippen molar-refractivity contribution in [1.29, 1.82) is 0 Å². The Kier molecular flexibility index (Phi) is 4.45. The SMILES string of the molecule is CN(C)C(C)(C)CNC(=O)N1CCCC1c1nnc2ccccn12. The quantitative estimate of drug-likeness (QED) is 0.930. The summed E-state index contributed by atoms with van der Waals surface area (Å²) in [6, 6.07) is 5.77. The van der Waals surface area contributed by atoms with Gasteiger partial charge in [0.15, 0.2) is 11.5 Å². The van der Waals surface area contributed by atoms with Crippen LogP contribution in [0.2, 0.25) is 0 Å².